The minimum atomic E-state index is -0.478. The first-order valence-electron chi connectivity index (χ1n) is 12.3. The monoisotopic (exact) mass is 518 g/mol. The van der Waals surface area contributed by atoms with Crippen LogP contribution in [0.5, 0.6) is 28.7 Å². The molecule has 2 heterocycles. The number of ether oxygens (including phenoxy) is 5. The number of benzene rings is 3. The molecular formula is C29H30N2O7. The number of nitrogens with one attached hydrogen (secondary N) is 1. The zero-order valence-corrected chi connectivity index (χ0v) is 21.6. The van der Waals surface area contributed by atoms with E-state index in [0.29, 0.717) is 47.4 Å². The van der Waals surface area contributed by atoms with Crippen molar-refractivity contribution in [3.8, 4) is 28.7 Å². The van der Waals surface area contributed by atoms with Crippen molar-refractivity contribution in [2.45, 2.75) is 12.5 Å². The summed E-state index contributed by atoms with van der Waals surface area (Å²) in [6.45, 7) is 1.16. The van der Waals surface area contributed by atoms with E-state index >= 15 is 0 Å². The fraction of sp³-hybridized carbons (Fsp3) is 0.310. The van der Waals surface area contributed by atoms with Crippen molar-refractivity contribution in [1.82, 2.24) is 10.2 Å². The standard InChI is InChI=1S/C29H30N2O7/c1-34-20-7-5-19(6-8-20)29(33)31-15-23(22-10-9-21(35-2)13-26(22)36-3)24(16-31)28(32)30-14-18-4-11-25-27(12-18)38-17-37-25/h4-13,23-24H,14-17H2,1-3H3,(H,30,32)/t23-,24-/m0/s1. The highest BCUT2D eigenvalue weighted by molar-refractivity contribution is 5.95. The third-order valence-electron chi connectivity index (χ3n) is 7.02. The molecule has 1 N–H and O–H groups in total. The van der Waals surface area contributed by atoms with Crippen LogP contribution in [0.3, 0.4) is 0 Å². The lowest BCUT2D eigenvalue weighted by Crippen LogP contribution is -2.35. The first-order chi connectivity index (χ1) is 18.5. The summed E-state index contributed by atoms with van der Waals surface area (Å²) in [5, 5.41) is 3.05. The highest BCUT2D eigenvalue weighted by Gasteiger charge is 2.41. The van der Waals surface area contributed by atoms with Gasteiger partial charge in [0.25, 0.3) is 5.91 Å². The number of fused-ring (bicyclic) bond motifs is 1. The number of methoxy groups -OCH3 is 3. The second-order valence-corrected chi connectivity index (χ2v) is 9.16. The van der Waals surface area contributed by atoms with Crippen LogP contribution in [0.2, 0.25) is 0 Å². The van der Waals surface area contributed by atoms with E-state index in [1.54, 1.807) is 56.6 Å². The lowest BCUT2D eigenvalue weighted by molar-refractivity contribution is -0.125. The SMILES string of the molecule is COc1ccc(C(=O)N2C[C@H](C(=O)NCc3ccc4c(c3)OCO4)[C@H](c3ccc(OC)cc3OC)C2)cc1. The quantitative estimate of drug-likeness (QED) is 0.487. The van der Waals surface area contributed by atoms with E-state index in [9.17, 15) is 9.59 Å². The Labute approximate surface area is 221 Å². The van der Waals surface area contributed by atoms with Gasteiger partial charge in [-0.1, -0.05) is 12.1 Å². The average Bonchev–Trinajstić information content (AvgIpc) is 3.62. The summed E-state index contributed by atoms with van der Waals surface area (Å²) >= 11 is 0. The number of amides is 2. The molecule has 0 spiro atoms. The molecule has 5 rings (SSSR count). The predicted molar refractivity (Wildman–Crippen MR) is 139 cm³/mol. The molecule has 3 aromatic rings. The molecular weight excluding hydrogens is 488 g/mol. The van der Waals surface area contributed by atoms with Gasteiger partial charge in [-0.05, 0) is 48.0 Å². The predicted octanol–water partition coefficient (Wildman–Crippen LogP) is 3.61. The van der Waals surface area contributed by atoms with Crippen molar-refractivity contribution in [2.24, 2.45) is 5.92 Å². The molecule has 0 bridgehead atoms. The minimum Gasteiger partial charge on any atom is -0.497 e. The summed E-state index contributed by atoms with van der Waals surface area (Å²) in [5.74, 6) is 2.25. The maximum atomic E-state index is 13.6. The van der Waals surface area contributed by atoms with Crippen molar-refractivity contribution in [3.63, 3.8) is 0 Å². The van der Waals surface area contributed by atoms with E-state index in [1.165, 1.54) is 0 Å². The third-order valence-corrected chi connectivity index (χ3v) is 7.02. The summed E-state index contributed by atoms with van der Waals surface area (Å²) < 4.78 is 27.0. The van der Waals surface area contributed by atoms with Crippen molar-refractivity contribution in [2.75, 3.05) is 41.2 Å². The zero-order chi connectivity index (χ0) is 26.6. The van der Waals surface area contributed by atoms with Crippen molar-refractivity contribution in [1.29, 1.82) is 0 Å². The van der Waals surface area contributed by atoms with Gasteiger partial charge in [-0.2, -0.15) is 0 Å². The highest BCUT2D eigenvalue weighted by atomic mass is 16.7. The molecule has 198 valence electrons. The molecule has 0 aromatic heterocycles. The van der Waals surface area contributed by atoms with E-state index in [1.807, 2.05) is 30.3 Å². The van der Waals surface area contributed by atoms with Gasteiger partial charge in [0.05, 0.1) is 27.2 Å². The maximum Gasteiger partial charge on any atom is 0.253 e. The van der Waals surface area contributed by atoms with Gasteiger partial charge in [-0.15, -0.1) is 0 Å². The summed E-state index contributed by atoms with van der Waals surface area (Å²) in [4.78, 5) is 28.7. The number of hydrogen-bond acceptors (Lipinski definition) is 7. The largest absolute Gasteiger partial charge is 0.497 e. The van der Waals surface area contributed by atoms with Crippen LogP contribution in [-0.4, -0.2) is 57.9 Å². The normalized spacial score (nSPS) is 17.7. The van der Waals surface area contributed by atoms with Gasteiger partial charge in [0.2, 0.25) is 12.7 Å². The van der Waals surface area contributed by atoms with E-state index < -0.39 is 5.92 Å². The van der Waals surface area contributed by atoms with Gasteiger partial charge in [-0.3, -0.25) is 9.59 Å². The van der Waals surface area contributed by atoms with E-state index in [4.69, 9.17) is 23.7 Å². The Hall–Kier alpha value is -4.40. The van der Waals surface area contributed by atoms with Gasteiger partial charge >= 0.3 is 0 Å². The van der Waals surface area contributed by atoms with Gasteiger partial charge < -0.3 is 33.9 Å². The number of likely N-dealkylation sites (tertiary alicyclic amines) is 1. The van der Waals surface area contributed by atoms with Crippen LogP contribution >= 0.6 is 0 Å². The lowest BCUT2D eigenvalue weighted by atomic mass is 9.87. The molecule has 9 nitrogen and oxygen atoms in total. The minimum absolute atomic E-state index is 0.142. The number of carbonyl (C=O) groups is 2. The van der Waals surface area contributed by atoms with Crippen LogP contribution in [0, 0.1) is 5.92 Å². The van der Waals surface area contributed by atoms with Crippen LogP contribution < -0.4 is 29.0 Å². The molecule has 2 atom stereocenters. The average molecular weight is 519 g/mol. The molecule has 3 aromatic carbocycles. The van der Waals surface area contributed by atoms with E-state index in [2.05, 4.69) is 5.32 Å². The van der Waals surface area contributed by atoms with Gasteiger partial charge in [0.1, 0.15) is 17.2 Å². The first-order valence-corrected chi connectivity index (χ1v) is 12.3. The van der Waals surface area contributed by atoms with E-state index in [0.717, 1.165) is 11.1 Å². The summed E-state index contributed by atoms with van der Waals surface area (Å²) in [6.07, 6.45) is 0. The van der Waals surface area contributed by atoms with Gasteiger partial charge in [-0.25, -0.2) is 0 Å². The second kappa shape index (κ2) is 10.9. The smallest absolute Gasteiger partial charge is 0.253 e. The van der Waals surface area contributed by atoms with Gasteiger partial charge in [0, 0.05) is 42.7 Å². The fourth-order valence-electron chi connectivity index (χ4n) is 4.96. The molecule has 2 amide bonds. The molecule has 0 aliphatic carbocycles. The molecule has 1 saturated heterocycles. The molecule has 1 fully saturated rings. The molecule has 0 saturated carbocycles. The fourth-order valence-corrected chi connectivity index (χ4v) is 4.96. The van der Waals surface area contributed by atoms with Crippen LogP contribution in [-0.2, 0) is 11.3 Å². The Bertz CT molecular complexity index is 1330. The molecule has 2 aliphatic heterocycles. The Balaban J connectivity index is 1.38. The maximum absolute atomic E-state index is 13.6. The summed E-state index contributed by atoms with van der Waals surface area (Å²) in [7, 11) is 4.75. The Morgan fingerprint density at radius 2 is 1.61 bits per heavy atom. The van der Waals surface area contributed by atoms with Crippen LogP contribution in [0.15, 0.2) is 60.7 Å². The third kappa shape index (κ3) is 5.04. The van der Waals surface area contributed by atoms with Crippen molar-refractivity contribution >= 4 is 11.8 Å². The number of rotatable bonds is 8. The topological polar surface area (TPSA) is 95.6 Å². The number of nitrogens with zero attached hydrogens (tertiary/aromatic N) is 1. The van der Waals surface area contributed by atoms with Crippen LogP contribution in [0.4, 0.5) is 0 Å². The highest BCUT2D eigenvalue weighted by Crippen LogP contribution is 2.40. The van der Waals surface area contributed by atoms with Crippen LogP contribution in [0.25, 0.3) is 0 Å². The molecule has 0 unspecified atom stereocenters. The van der Waals surface area contributed by atoms with E-state index in [-0.39, 0.29) is 31.1 Å². The van der Waals surface area contributed by atoms with Crippen molar-refractivity contribution < 1.29 is 33.3 Å². The summed E-state index contributed by atoms with van der Waals surface area (Å²) in [6, 6.07) is 18.1. The molecule has 2 aliphatic rings. The van der Waals surface area contributed by atoms with Crippen LogP contribution in [0.1, 0.15) is 27.4 Å². The molecule has 38 heavy (non-hydrogen) atoms. The Morgan fingerprint density at radius 1 is 0.868 bits per heavy atom. The zero-order valence-electron chi connectivity index (χ0n) is 21.6. The number of carbonyl (C=O) groups excluding carboxylic acids is 2. The molecule has 9 heteroatoms. The summed E-state index contributed by atoms with van der Waals surface area (Å²) in [5.41, 5.74) is 2.28. The van der Waals surface area contributed by atoms with Gasteiger partial charge in [0.15, 0.2) is 11.5 Å². The lowest BCUT2D eigenvalue weighted by Gasteiger charge is -2.21. The Morgan fingerprint density at radius 3 is 2.34 bits per heavy atom. The first kappa shape index (κ1) is 25.3. The molecule has 0 radical (unpaired) electrons. The Kier molecular flexibility index (Phi) is 7.26. The second-order valence-electron chi connectivity index (χ2n) is 9.16. The number of hydrogen-bond donors (Lipinski definition) is 1. The van der Waals surface area contributed by atoms with Crippen molar-refractivity contribution in [3.05, 3.63) is 77.4 Å².